The summed E-state index contributed by atoms with van der Waals surface area (Å²) in [7, 11) is 0. The zero-order chi connectivity index (χ0) is 22.3. The predicted molar refractivity (Wildman–Crippen MR) is 113 cm³/mol. The molecule has 0 aliphatic heterocycles. The van der Waals surface area contributed by atoms with Crippen LogP contribution in [-0.4, -0.2) is 46.1 Å². The number of ether oxygens (including phenoxy) is 1. The van der Waals surface area contributed by atoms with Crippen LogP contribution < -0.4 is 0 Å². The molecule has 3 rings (SSSR count). The number of carboxylic acid groups (broad SMARTS) is 1. The summed E-state index contributed by atoms with van der Waals surface area (Å²) in [6, 6.07) is 0. The molecule has 0 saturated heterocycles. The molecule has 3 saturated carbocycles. The number of esters is 1. The summed E-state index contributed by atoms with van der Waals surface area (Å²) in [6.45, 7) is 9.50. The van der Waals surface area contributed by atoms with Crippen molar-refractivity contribution in [2.75, 3.05) is 6.61 Å². The summed E-state index contributed by atoms with van der Waals surface area (Å²) in [6.07, 6.45) is 5.38. The largest absolute Gasteiger partial charge is 0.479 e. The number of carboxylic acids is 1. The molecule has 172 valence electrons. The Morgan fingerprint density at radius 1 is 1.03 bits per heavy atom. The smallest absolute Gasteiger partial charge is 0.338 e. The maximum absolute atomic E-state index is 12.1. The lowest BCUT2D eigenvalue weighted by atomic mass is 9.44. The second-order valence-corrected chi connectivity index (χ2v) is 11.2. The van der Waals surface area contributed by atoms with Gasteiger partial charge in [0.15, 0.2) is 12.2 Å². The van der Waals surface area contributed by atoms with E-state index in [0.29, 0.717) is 5.92 Å². The highest BCUT2D eigenvalue weighted by atomic mass is 16.6. The Bertz CT molecular complexity index is 648. The van der Waals surface area contributed by atoms with Gasteiger partial charge < -0.3 is 20.1 Å². The molecule has 3 aliphatic rings. The molecule has 3 fully saturated rings. The third kappa shape index (κ3) is 4.27. The molecule has 3 aliphatic carbocycles. The van der Waals surface area contributed by atoms with Crippen LogP contribution >= 0.6 is 0 Å². The SMILES string of the molecule is CC(C)C1CCC2C(CCC3[C@@](C)(COC(=O)[C@H](O)[C@@H](O)C(=O)O)CCC[C@@]23C)C1. The Hall–Kier alpha value is -1.14. The first-order valence-electron chi connectivity index (χ1n) is 11.7. The van der Waals surface area contributed by atoms with Crippen LogP contribution in [0.25, 0.3) is 0 Å². The van der Waals surface area contributed by atoms with E-state index in [4.69, 9.17) is 9.84 Å². The Kier molecular flexibility index (Phi) is 6.88. The highest BCUT2D eigenvalue weighted by molar-refractivity contribution is 5.84. The molecule has 0 amide bonds. The Balaban J connectivity index is 1.69. The zero-order valence-electron chi connectivity index (χ0n) is 19.0. The molecule has 0 radical (unpaired) electrons. The first-order chi connectivity index (χ1) is 14.0. The van der Waals surface area contributed by atoms with Crippen molar-refractivity contribution in [2.24, 2.45) is 40.4 Å². The van der Waals surface area contributed by atoms with E-state index in [9.17, 15) is 19.8 Å². The van der Waals surface area contributed by atoms with E-state index >= 15 is 0 Å². The summed E-state index contributed by atoms with van der Waals surface area (Å²) in [5.41, 5.74) is 0.0554. The average Bonchev–Trinajstić information content (AvgIpc) is 2.70. The minimum atomic E-state index is -2.16. The van der Waals surface area contributed by atoms with Crippen LogP contribution in [0.15, 0.2) is 0 Å². The average molecular weight is 425 g/mol. The number of fused-ring (bicyclic) bond motifs is 3. The number of carbonyl (C=O) groups is 2. The number of rotatable bonds is 6. The highest BCUT2D eigenvalue weighted by Crippen LogP contribution is 2.64. The van der Waals surface area contributed by atoms with Gasteiger partial charge in [-0.2, -0.15) is 0 Å². The van der Waals surface area contributed by atoms with Crippen molar-refractivity contribution in [1.82, 2.24) is 0 Å². The fourth-order valence-electron chi connectivity index (χ4n) is 7.37. The summed E-state index contributed by atoms with van der Waals surface area (Å²) < 4.78 is 5.38. The van der Waals surface area contributed by atoms with Crippen molar-refractivity contribution in [3.05, 3.63) is 0 Å². The van der Waals surface area contributed by atoms with E-state index in [0.717, 1.165) is 42.9 Å². The van der Waals surface area contributed by atoms with E-state index < -0.39 is 24.1 Å². The minimum Gasteiger partial charge on any atom is -0.479 e. The summed E-state index contributed by atoms with van der Waals surface area (Å²) in [5, 5.41) is 28.0. The molecular formula is C24H40O6. The summed E-state index contributed by atoms with van der Waals surface area (Å²) in [5.74, 6) is 0.871. The van der Waals surface area contributed by atoms with E-state index in [-0.39, 0.29) is 17.4 Å². The van der Waals surface area contributed by atoms with Crippen LogP contribution in [-0.2, 0) is 14.3 Å². The van der Waals surface area contributed by atoms with Crippen LogP contribution in [0.3, 0.4) is 0 Å². The van der Waals surface area contributed by atoms with E-state index in [1.54, 1.807) is 0 Å². The van der Waals surface area contributed by atoms with Gasteiger partial charge in [-0.15, -0.1) is 0 Å². The minimum absolute atomic E-state index is 0.168. The molecule has 3 N–H and O–H groups in total. The van der Waals surface area contributed by atoms with Crippen molar-refractivity contribution in [3.8, 4) is 0 Å². The highest BCUT2D eigenvalue weighted by Gasteiger charge is 2.57. The van der Waals surface area contributed by atoms with Crippen molar-refractivity contribution in [1.29, 1.82) is 0 Å². The molecule has 4 unspecified atom stereocenters. The summed E-state index contributed by atoms with van der Waals surface area (Å²) in [4.78, 5) is 23.0. The van der Waals surface area contributed by atoms with Gasteiger partial charge in [-0.3, -0.25) is 0 Å². The maximum Gasteiger partial charge on any atom is 0.338 e. The molecule has 0 aromatic rings. The van der Waals surface area contributed by atoms with Gasteiger partial charge in [0.05, 0.1) is 6.61 Å². The van der Waals surface area contributed by atoms with Gasteiger partial charge in [-0.1, -0.05) is 34.1 Å². The lowest BCUT2D eigenvalue weighted by molar-refractivity contribution is -0.180. The predicted octanol–water partition coefficient (Wildman–Crippen LogP) is 3.63. The maximum atomic E-state index is 12.1. The second kappa shape index (κ2) is 8.78. The summed E-state index contributed by atoms with van der Waals surface area (Å²) >= 11 is 0. The topological polar surface area (TPSA) is 104 Å². The molecule has 30 heavy (non-hydrogen) atoms. The molecule has 0 heterocycles. The molecule has 0 aromatic carbocycles. The van der Waals surface area contributed by atoms with E-state index in [1.807, 2.05) is 0 Å². The van der Waals surface area contributed by atoms with Crippen LogP contribution in [0, 0.1) is 40.4 Å². The fraction of sp³-hybridized carbons (Fsp3) is 0.917. The van der Waals surface area contributed by atoms with E-state index in [1.165, 1.54) is 32.1 Å². The van der Waals surface area contributed by atoms with E-state index in [2.05, 4.69) is 27.7 Å². The molecule has 0 aromatic heterocycles. The van der Waals surface area contributed by atoms with Crippen LogP contribution in [0.5, 0.6) is 0 Å². The number of hydrogen-bond donors (Lipinski definition) is 3. The van der Waals surface area contributed by atoms with Gasteiger partial charge in [0, 0.05) is 5.41 Å². The Morgan fingerprint density at radius 2 is 1.73 bits per heavy atom. The number of aliphatic carboxylic acids is 1. The third-order valence-corrected chi connectivity index (χ3v) is 9.08. The first kappa shape index (κ1) is 23.5. The van der Waals surface area contributed by atoms with Gasteiger partial charge in [0.25, 0.3) is 0 Å². The molecular weight excluding hydrogens is 384 g/mol. The monoisotopic (exact) mass is 424 g/mol. The molecule has 8 atom stereocenters. The first-order valence-corrected chi connectivity index (χ1v) is 11.7. The fourth-order valence-corrected chi connectivity index (χ4v) is 7.37. The third-order valence-electron chi connectivity index (χ3n) is 9.08. The normalized spacial score (nSPS) is 40.8. The van der Waals surface area contributed by atoms with Crippen LogP contribution in [0.4, 0.5) is 0 Å². The second-order valence-electron chi connectivity index (χ2n) is 11.2. The molecule has 0 spiro atoms. The molecule has 6 heteroatoms. The van der Waals surface area contributed by atoms with Gasteiger partial charge >= 0.3 is 11.9 Å². The number of aliphatic hydroxyl groups is 2. The quantitative estimate of drug-likeness (QED) is 0.563. The van der Waals surface area contributed by atoms with Crippen LogP contribution in [0.2, 0.25) is 0 Å². The van der Waals surface area contributed by atoms with Crippen molar-refractivity contribution in [2.45, 2.75) is 91.3 Å². The van der Waals surface area contributed by atoms with Crippen molar-refractivity contribution in [3.63, 3.8) is 0 Å². The lowest BCUT2D eigenvalue weighted by Gasteiger charge is -2.61. The standard InChI is InChI=1S/C24H40O6/c1-14(2)15-6-8-17-16(12-15)7-9-18-23(3,10-5-11-24(17,18)4)13-30-22(29)20(26)19(25)21(27)28/h14-20,25-26H,5-13H2,1-4H3,(H,27,28)/t15?,16?,17?,18?,19-,20-,23-,24+/m1/s1. The lowest BCUT2D eigenvalue weighted by Crippen LogP contribution is -2.55. The Morgan fingerprint density at radius 3 is 2.37 bits per heavy atom. The molecule has 6 nitrogen and oxygen atoms in total. The number of aliphatic hydroxyl groups excluding tert-OH is 2. The number of carbonyl (C=O) groups excluding carboxylic acids is 1. The zero-order valence-corrected chi connectivity index (χ0v) is 19.0. The van der Waals surface area contributed by atoms with Gasteiger partial charge in [-0.25, -0.2) is 9.59 Å². The Labute approximate surface area is 180 Å². The van der Waals surface area contributed by atoms with Crippen molar-refractivity contribution < 1.29 is 29.6 Å². The molecule has 0 bridgehead atoms. The van der Waals surface area contributed by atoms with Crippen LogP contribution in [0.1, 0.15) is 79.1 Å². The van der Waals surface area contributed by atoms with Gasteiger partial charge in [0.1, 0.15) is 0 Å². The number of hydrogen-bond acceptors (Lipinski definition) is 5. The van der Waals surface area contributed by atoms with Crippen molar-refractivity contribution >= 4 is 11.9 Å². The van der Waals surface area contributed by atoms with Gasteiger partial charge in [0.2, 0.25) is 0 Å². The van der Waals surface area contributed by atoms with Gasteiger partial charge in [-0.05, 0) is 80.0 Å².